The Kier molecular flexibility index (Phi) is 6.34. The molecule has 1 aromatic heterocycles. The number of hydrogen-bond donors (Lipinski definition) is 1. The van der Waals surface area contributed by atoms with E-state index in [9.17, 15) is 9.18 Å². The summed E-state index contributed by atoms with van der Waals surface area (Å²) in [4.78, 5) is 12.4. The van der Waals surface area contributed by atoms with Crippen LogP contribution in [0.2, 0.25) is 5.02 Å². The molecule has 8 heteroatoms. The van der Waals surface area contributed by atoms with Crippen molar-refractivity contribution in [3.8, 4) is 17.1 Å². The van der Waals surface area contributed by atoms with Gasteiger partial charge in [-0.3, -0.25) is 9.36 Å². The SMILES string of the molecule is Cc1ccc(-c2nnc(SCC(=O)Nc3ccc(F)cc3)n2-c2ccccc2)cc1Cl. The summed E-state index contributed by atoms with van der Waals surface area (Å²) in [6.07, 6.45) is 0. The summed E-state index contributed by atoms with van der Waals surface area (Å²) in [6, 6.07) is 21.1. The van der Waals surface area contributed by atoms with Gasteiger partial charge in [0.25, 0.3) is 0 Å². The first-order valence-corrected chi connectivity index (χ1v) is 10.8. The van der Waals surface area contributed by atoms with Gasteiger partial charge in [0.05, 0.1) is 5.75 Å². The first-order chi connectivity index (χ1) is 15.0. The van der Waals surface area contributed by atoms with Crippen LogP contribution < -0.4 is 5.32 Å². The lowest BCUT2D eigenvalue weighted by atomic mass is 10.1. The van der Waals surface area contributed by atoms with E-state index in [1.807, 2.05) is 60.0 Å². The molecule has 5 nitrogen and oxygen atoms in total. The maximum Gasteiger partial charge on any atom is 0.234 e. The third kappa shape index (κ3) is 4.95. The number of hydrogen-bond acceptors (Lipinski definition) is 4. The lowest BCUT2D eigenvalue weighted by Crippen LogP contribution is -2.14. The molecular formula is C23H18ClFN4OS. The van der Waals surface area contributed by atoms with Crippen LogP contribution in [-0.4, -0.2) is 26.4 Å². The predicted octanol–water partition coefficient (Wildman–Crippen LogP) is 5.77. The maximum atomic E-state index is 13.0. The smallest absolute Gasteiger partial charge is 0.234 e. The minimum absolute atomic E-state index is 0.122. The Hall–Kier alpha value is -3.16. The van der Waals surface area contributed by atoms with Gasteiger partial charge in [-0.15, -0.1) is 10.2 Å². The Bertz CT molecular complexity index is 1210. The van der Waals surface area contributed by atoms with Crippen LogP contribution in [0, 0.1) is 12.7 Å². The predicted molar refractivity (Wildman–Crippen MR) is 122 cm³/mol. The van der Waals surface area contributed by atoms with E-state index in [1.54, 1.807) is 0 Å². The highest BCUT2D eigenvalue weighted by Gasteiger charge is 2.18. The second kappa shape index (κ2) is 9.32. The van der Waals surface area contributed by atoms with Crippen LogP contribution in [0.3, 0.4) is 0 Å². The number of para-hydroxylation sites is 1. The highest BCUT2D eigenvalue weighted by Crippen LogP contribution is 2.30. The number of aromatic nitrogens is 3. The topological polar surface area (TPSA) is 59.8 Å². The van der Waals surface area contributed by atoms with E-state index < -0.39 is 0 Å². The fourth-order valence-corrected chi connectivity index (χ4v) is 3.88. The number of anilines is 1. The van der Waals surface area contributed by atoms with Crippen LogP contribution in [0.15, 0.2) is 78.0 Å². The summed E-state index contributed by atoms with van der Waals surface area (Å²) in [6.45, 7) is 1.94. The fourth-order valence-electron chi connectivity index (χ4n) is 2.95. The Morgan fingerprint density at radius 2 is 1.81 bits per heavy atom. The van der Waals surface area contributed by atoms with Crippen molar-refractivity contribution in [1.82, 2.24) is 14.8 Å². The lowest BCUT2D eigenvalue weighted by Gasteiger charge is -2.11. The Labute approximate surface area is 188 Å². The van der Waals surface area contributed by atoms with Gasteiger partial charge in [-0.05, 0) is 55.0 Å². The van der Waals surface area contributed by atoms with Gasteiger partial charge >= 0.3 is 0 Å². The summed E-state index contributed by atoms with van der Waals surface area (Å²) < 4.78 is 14.9. The molecule has 156 valence electrons. The summed E-state index contributed by atoms with van der Waals surface area (Å²) in [7, 11) is 0. The van der Waals surface area contributed by atoms with Crippen molar-refractivity contribution in [2.75, 3.05) is 11.1 Å². The molecule has 0 aliphatic carbocycles. The number of amides is 1. The van der Waals surface area contributed by atoms with Crippen molar-refractivity contribution in [1.29, 1.82) is 0 Å². The zero-order valence-corrected chi connectivity index (χ0v) is 18.1. The molecule has 0 aliphatic rings. The minimum atomic E-state index is -0.355. The first kappa shape index (κ1) is 21.1. The Morgan fingerprint density at radius 3 is 2.52 bits per heavy atom. The summed E-state index contributed by atoms with van der Waals surface area (Å²) in [5.74, 6) is 0.178. The molecule has 1 N–H and O–H groups in total. The quantitative estimate of drug-likeness (QED) is 0.377. The van der Waals surface area contributed by atoms with Gasteiger partial charge < -0.3 is 5.32 Å². The van der Waals surface area contributed by atoms with Crippen LogP contribution in [0.25, 0.3) is 17.1 Å². The van der Waals surface area contributed by atoms with E-state index >= 15 is 0 Å². The molecule has 4 aromatic rings. The molecule has 0 saturated heterocycles. The second-order valence-electron chi connectivity index (χ2n) is 6.78. The lowest BCUT2D eigenvalue weighted by molar-refractivity contribution is -0.113. The van der Waals surface area contributed by atoms with Crippen molar-refractivity contribution in [3.05, 3.63) is 89.2 Å². The molecule has 0 atom stereocenters. The molecule has 3 aromatic carbocycles. The molecule has 0 aliphatic heterocycles. The normalized spacial score (nSPS) is 10.8. The standard InChI is InChI=1S/C23H18ClFN4OS/c1-15-7-8-16(13-20(15)24)22-27-28-23(29(22)19-5-3-2-4-6-19)31-14-21(30)26-18-11-9-17(25)10-12-18/h2-13H,14H2,1H3,(H,26,30). The summed E-state index contributed by atoms with van der Waals surface area (Å²) in [5, 5.41) is 12.7. The molecule has 0 spiro atoms. The van der Waals surface area contributed by atoms with Gasteiger partial charge in [0.15, 0.2) is 11.0 Å². The molecule has 31 heavy (non-hydrogen) atoms. The van der Waals surface area contributed by atoms with Gasteiger partial charge in [-0.1, -0.05) is 53.7 Å². The highest BCUT2D eigenvalue weighted by molar-refractivity contribution is 7.99. The summed E-state index contributed by atoms with van der Waals surface area (Å²) in [5.41, 5.74) is 3.21. The first-order valence-electron chi connectivity index (χ1n) is 9.47. The van der Waals surface area contributed by atoms with E-state index in [2.05, 4.69) is 15.5 Å². The number of halogens is 2. The van der Waals surface area contributed by atoms with Crippen LogP contribution in [0.5, 0.6) is 0 Å². The van der Waals surface area contributed by atoms with Gasteiger partial charge in [-0.2, -0.15) is 0 Å². The highest BCUT2D eigenvalue weighted by atomic mass is 35.5. The van der Waals surface area contributed by atoms with E-state index in [-0.39, 0.29) is 17.5 Å². The molecule has 1 heterocycles. The number of nitrogens with one attached hydrogen (secondary N) is 1. The largest absolute Gasteiger partial charge is 0.325 e. The number of carbonyl (C=O) groups is 1. The molecule has 0 saturated carbocycles. The third-order valence-corrected chi connectivity index (χ3v) is 5.87. The van der Waals surface area contributed by atoms with Crippen LogP contribution in [0.1, 0.15) is 5.56 Å². The number of carbonyl (C=O) groups excluding carboxylic acids is 1. The Balaban J connectivity index is 1.60. The van der Waals surface area contributed by atoms with Crippen LogP contribution >= 0.6 is 23.4 Å². The van der Waals surface area contributed by atoms with Gasteiger partial charge in [0.2, 0.25) is 5.91 Å². The van der Waals surface area contributed by atoms with Crippen molar-refractivity contribution in [2.45, 2.75) is 12.1 Å². The monoisotopic (exact) mass is 452 g/mol. The number of nitrogens with zero attached hydrogens (tertiary/aromatic N) is 3. The number of rotatable bonds is 6. The van der Waals surface area contributed by atoms with Gasteiger partial charge in [0.1, 0.15) is 5.82 Å². The van der Waals surface area contributed by atoms with Crippen LogP contribution in [0.4, 0.5) is 10.1 Å². The van der Waals surface area contributed by atoms with Crippen molar-refractivity contribution in [3.63, 3.8) is 0 Å². The average Bonchev–Trinajstić information content (AvgIpc) is 3.20. The molecule has 0 radical (unpaired) electrons. The molecule has 0 fully saturated rings. The zero-order valence-electron chi connectivity index (χ0n) is 16.5. The van der Waals surface area contributed by atoms with Crippen molar-refractivity contribution >= 4 is 35.0 Å². The van der Waals surface area contributed by atoms with E-state index in [4.69, 9.17) is 11.6 Å². The minimum Gasteiger partial charge on any atom is -0.325 e. The fraction of sp³-hybridized carbons (Fsp3) is 0.0870. The van der Waals surface area contributed by atoms with Crippen molar-refractivity contribution < 1.29 is 9.18 Å². The van der Waals surface area contributed by atoms with E-state index in [0.717, 1.165) is 16.8 Å². The molecule has 4 rings (SSSR count). The third-order valence-electron chi connectivity index (χ3n) is 4.54. The zero-order chi connectivity index (χ0) is 21.8. The maximum absolute atomic E-state index is 13.0. The average molecular weight is 453 g/mol. The van der Waals surface area contributed by atoms with Gasteiger partial charge in [0, 0.05) is 22.0 Å². The molecule has 1 amide bonds. The summed E-state index contributed by atoms with van der Waals surface area (Å²) >= 11 is 7.58. The van der Waals surface area contributed by atoms with Crippen LogP contribution in [-0.2, 0) is 4.79 Å². The van der Waals surface area contributed by atoms with E-state index in [0.29, 0.717) is 21.7 Å². The van der Waals surface area contributed by atoms with E-state index in [1.165, 1.54) is 36.0 Å². The van der Waals surface area contributed by atoms with Crippen molar-refractivity contribution in [2.24, 2.45) is 0 Å². The molecule has 0 bridgehead atoms. The number of benzene rings is 3. The number of aryl methyl sites for hydroxylation is 1. The Morgan fingerprint density at radius 1 is 1.06 bits per heavy atom. The molecule has 0 unspecified atom stereocenters. The van der Waals surface area contributed by atoms with Gasteiger partial charge in [-0.25, -0.2) is 4.39 Å². The number of thioether (sulfide) groups is 1. The second-order valence-corrected chi connectivity index (χ2v) is 8.13. The molecular weight excluding hydrogens is 435 g/mol.